The maximum absolute atomic E-state index is 13.2. The second-order valence-corrected chi connectivity index (χ2v) is 7.73. The summed E-state index contributed by atoms with van der Waals surface area (Å²) >= 11 is 0. The van der Waals surface area contributed by atoms with Gasteiger partial charge in [0.25, 0.3) is 5.91 Å². The Morgan fingerprint density at radius 2 is 2.07 bits per heavy atom. The zero-order valence-electron chi connectivity index (χ0n) is 16.2. The van der Waals surface area contributed by atoms with Crippen LogP contribution in [0.5, 0.6) is 0 Å². The maximum atomic E-state index is 13.2. The van der Waals surface area contributed by atoms with Crippen molar-refractivity contribution in [2.75, 3.05) is 13.1 Å². The molecule has 10 heteroatoms. The van der Waals surface area contributed by atoms with Crippen LogP contribution >= 0.6 is 0 Å². The predicted molar refractivity (Wildman–Crippen MR) is 98.3 cm³/mol. The highest BCUT2D eigenvalue weighted by molar-refractivity contribution is 6.06. The minimum Gasteiger partial charge on any atom is -0.364 e. The van der Waals surface area contributed by atoms with Gasteiger partial charge in [-0.3, -0.25) is 29.7 Å². The van der Waals surface area contributed by atoms with Gasteiger partial charge in [0.2, 0.25) is 18.2 Å². The van der Waals surface area contributed by atoms with E-state index in [9.17, 15) is 24.4 Å². The Morgan fingerprint density at radius 1 is 1.31 bits per heavy atom. The number of imide groups is 1. The molecule has 2 N–H and O–H groups in total. The first kappa shape index (κ1) is 21.0. The Labute approximate surface area is 168 Å². The van der Waals surface area contributed by atoms with Crippen molar-refractivity contribution in [3.05, 3.63) is 18.0 Å². The monoisotopic (exact) mass is 406 g/mol. The summed E-state index contributed by atoms with van der Waals surface area (Å²) in [6.45, 7) is 0.287. The van der Waals surface area contributed by atoms with Crippen LogP contribution in [0.2, 0.25) is 0 Å². The first-order chi connectivity index (χ1) is 14.0. The highest BCUT2D eigenvalue weighted by Gasteiger charge is 2.39. The topological polar surface area (TPSA) is 133 Å². The van der Waals surface area contributed by atoms with Crippen LogP contribution in [-0.2, 0) is 14.4 Å². The van der Waals surface area contributed by atoms with Gasteiger partial charge in [0.05, 0.1) is 24.2 Å². The summed E-state index contributed by atoms with van der Waals surface area (Å²) in [4.78, 5) is 50.2. The molecule has 0 spiro atoms. The van der Waals surface area contributed by atoms with Crippen molar-refractivity contribution >= 4 is 24.1 Å². The van der Waals surface area contributed by atoms with E-state index in [1.54, 1.807) is 0 Å². The summed E-state index contributed by atoms with van der Waals surface area (Å²) in [5.74, 6) is -1.68. The van der Waals surface area contributed by atoms with E-state index < -0.39 is 23.8 Å². The molecule has 2 aliphatic rings. The van der Waals surface area contributed by atoms with Crippen molar-refractivity contribution < 1.29 is 28.9 Å². The third kappa shape index (κ3) is 5.20. The van der Waals surface area contributed by atoms with Crippen molar-refractivity contribution in [3.8, 4) is 0 Å². The van der Waals surface area contributed by atoms with Crippen LogP contribution in [0.25, 0.3) is 0 Å². The Morgan fingerprint density at radius 3 is 2.72 bits per heavy atom. The van der Waals surface area contributed by atoms with Gasteiger partial charge in [0.15, 0.2) is 0 Å². The number of likely N-dealkylation sites (tertiary alicyclic amines) is 1. The van der Waals surface area contributed by atoms with E-state index in [0.29, 0.717) is 36.8 Å². The molecule has 29 heavy (non-hydrogen) atoms. The Balaban J connectivity index is 1.67. The van der Waals surface area contributed by atoms with Crippen molar-refractivity contribution in [1.82, 2.24) is 20.4 Å². The van der Waals surface area contributed by atoms with E-state index in [-0.39, 0.29) is 24.4 Å². The van der Waals surface area contributed by atoms with Crippen LogP contribution in [0.15, 0.2) is 17.0 Å². The fourth-order valence-corrected chi connectivity index (χ4v) is 4.29. The molecule has 1 aliphatic heterocycles. The molecule has 0 bridgehead atoms. The van der Waals surface area contributed by atoms with Gasteiger partial charge in [-0.2, -0.15) is 0 Å². The van der Waals surface area contributed by atoms with Gasteiger partial charge < -0.3 is 9.42 Å². The van der Waals surface area contributed by atoms with Gasteiger partial charge >= 0.3 is 0 Å². The number of hydrogen-bond donors (Lipinski definition) is 2. The molecular formula is C19H26N4O6. The number of carbonyl (C=O) groups is 4. The average Bonchev–Trinajstić information content (AvgIpc) is 3.48. The van der Waals surface area contributed by atoms with Gasteiger partial charge in [-0.05, 0) is 25.2 Å². The van der Waals surface area contributed by atoms with E-state index in [2.05, 4.69) is 15.0 Å². The minimum atomic E-state index is -0.763. The lowest BCUT2D eigenvalue weighted by atomic mass is 9.91. The average molecular weight is 406 g/mol. The largest absolute Gasteiger partial charge is 0.364 e. The summed E-state index contributed by atoms with van der Waals surface area (Å²) < 4.78 is 4.60. The zero-order valence-corrected chi connectivity index (χ0v) is 16.2. The van der Waals surface area contributed by atoms with E-state index in [1.807, 2.05) is 0 Å². The highest BCUT2D eigenvalue weighted by Crippen LogP contribution is 2.32. The molecule has 0 unspecified atom stereocenters. The summed E-state index contributed by atoms with van der Waals surface area (Å²) in [6.07, 6.45) is 8.53. The Bertz CT molecular complexity index is 731. The van der Waals surface area contributed by atoms with Crippen LogP contribution in [-0.4, -0.2) is 63.6 Å². The van der Waals surface area contributed by atoms with Gasteiger partial charge in [-0.25, -0.2) is 5.06 Å². The highest BCUT2D eigenvalue weighted by atomic mass is 16.5. The number of amides is 4. The number of carbonyl (C=O) groups excluding carboxylic acids is 4. The number of hydroxylamine groups is 2. The minimum absolute atomic E-state index is 0.108. The molecule has 4 amide bonds. The van der Waals surface area contributed by atoms with E-state index in [1.165, 1.54) is 11.1 Å². The molecule has 2 atom stereocenters. The Kier molecular flexibility index (Phi) is 6.97. The van der Waals surface area contributed by atoms with Crippen LogP contribution in [0.1, 0.15) is 55.3 Å². The summed E-state index contributed by atoms with van der Waals surface area (Å²) in [7, 11) is 0. The molecular weight excluding hydrogens is 380 g/mol. The number of nitrogens with one attached hydrogen (secondary N) is 1. The smallest absolute Gasteiger partial charge is 0.262 e. The molecule has 0 radical (unpaired) electrons. The van der Waals surface area contributed by atoms with Crippen LogP contribution in [0.4, 0.5) is 0 Å². The van der Waals surface area contributed by atoms with Crippen molar-refractivity contribution in [3.63, 3.8) is 0 Å². The van der Waals surface area contributed by atoms with Gasteiger partial charge in [-0.15, -0.1) is 0 Å². The number of aromatic nitrogens is 1. The van der Waals surface area contributed by atoms with Crippen LogP contribution < -0.4 is 5.32 Å². The molecule has 1 saturated carbocycles. The third-order valence-electron chi connectivity index (χ3n) is 5.74. The van der Waals surface area contributed by atoms with E-state index in [0.717, 1.165) is 31.9 Å². The van der Waals surface area contributed by atoms with Gasteiger partial charge in [0.1, 0.15) is 12.3 Å². The molecule has 1 aromatic rings. The number of nitrogens with zero attached hydrogens (tertiary/aromatic N) is 3. The first-order valence-corrected chi connectivity index (χ1v) is 9.95. The lowest BCUT2D eigenvalue weighted by Gasteiger charge is -2.30. The lowest BCUT2D eigenvalue weighted by Crippen LogP contribution is -2.50. The molecule has 1 saturated heterocycles. The fraction of sp³-hybridized carbons (Fsp3) is 0.632. The molecule has 2 fully saturated rings. The standard InChI is InChI=1S/C19H26N4O6/c24-12-22(28)10-14(8-13-4-1-2-5-13)19(27)23-7-3-6-16(23)18(26)21-17(25)15-9-20-29-11-15/h9,11-14,16,28H,1-8,10H2,(H,21,25,26)/t14-,16+/m1/s1. The number of hydrogen-bond acceptors (Lipinski definition) is 7. The quantitative estimate of drug-likeness (QED) is 0.284. The fourth-order valence-electron chi connectivity index (χ4n) is 4.29. The van der Waals surface area contributed by atoms with Crippen molar-refractivity contribution in [2.24, 2.45) is 11.8 Å². The van der Waals surface area contributed by atoms with E-state index in [4.69, 9.17) is 0 Å². The number of rotatable bonds is 8. The molecule has 1 aliphatic carbocycles. The Hall–Kier alpha value is -2.75. The summed E-state index contributed by atoms with van der Waals surface area (Å²) in [6, 6.07) is -0.763. The maximum Gasteiger partial charge on any atom is 0.262 e. The molecule has 10 nitrogen and oxygen atoms in total. The SMILES string of the molecule is O=CN(O)C[C@@H](CC1CCCC1)C(=O)N1CCC[C@H]1C(=O)NC(=O)c1cnoc1. The van der Waals surface area contributed by atoms with Gasteiger partial charge in [-0.1, -0.05) is 30.8 Å². The normalized spacial score (nSPS) is 20.4. The molecule has 0 aromatic carbocycles. The van der Waals surface area contributed by atoms with Crippen molar-refractivity contribution in [1.29, 1.82) is 0 Å². The zero-order chi connectivity index (χ0) is 20.8. The first-order valence-electron chi connectivity index (χ1n) is 9.95. The second kappa shape index (κ2) is 9.64. The summed E-state index contributed by atoms with van der Waals surface area (Å²) in [5, 5.41) is 15.8. The second-order valence-electron chi connectivity index (χ2n) is 7.73. The van der Waals surface area contributed by atoms with E-state index >= 15 is 0 Å². The van der Waals surface area contributed by atoms with Crippen LogP contribution in [0, 0.1) is 11.8 Å². The molecule has 158 valence electrons. The molecule has 3 rings (SSSR count). The predicted octanol–water partition coefficient (Wildman–Crippen LogP) is 0.966. The van der Waals surface area contributed by atoms with Gasteiger partial charge in [0, 0.05) is 6.54 Å². The third-order valence-corrected chi connectivity index (χ3v) is 5.74. The lowest BCUT2D eigenvalue weighted by molar-refractivity contribution is -0.158. The molecule has 2 heterocycles. The molecule has 1 aromatic heterocycles. The van der Waals surface area contributed by atoms with Crippen LogP contribution in [0.3, 0.4) is 0 Å². The van der Waals surface area contributed by atoms with Crippen molar-refractivity contribution in [2.45, 2.75) is 51.0 Å². The summed E-state index contributed by atoms with van der Waals surface area (Å²) in [5.41, 5.74) is 0.121.